The van der Waals surface area contributed by atoms with Crippen molar-refractivity contribution in [3.8, 4) is 22.5 Å². The lowest BCUT2D eigenvalue weighted by Gasteiger charge is -2.32. The Morgan fingerprint density at radius 1 is 0.743 bits per heavy atom. The molecule has 0 saturated heterocycles. The van der Waals surface area contributed by atoms with Crippen LogP contribution in [-0.2, 0) is 11.1 Å². The Hall–Kier alpha value is -3.85. The first-order valence-corrected chi connectivity index (χ1v) is 12.3. The fraction of sp³-hybridized carbons (Fsp3) is 0.188. The van der Waals surface area contributed by atoms with Crippen LogP contribution in [0, 0.1) is 19.7 Å². The molecule has 3 aromatic carbocycles. The molecule has 3 aliphatic rings. The third-order valence-electron chi connectivity index (χ3n) is 8.68. The van der Waals surface area contributed by atoms with Crippen LogP contribution in [-0.4, -0.2) is 0 Å². The van der Waals surface area contributed by atoms with E-state index < -0.39 is 11.1 Å². The summed E-state index contributed by atoms with van der Waals surface area (Å²) >= 11 is 0. The van der Waals surface area contributed by atoms with Crippen molar-refractivity contribution in [2.45, 2.75) is 38.8 Å². The van der Waals surface area contributed by atoms with E-state index in [0.29, 0.717) is 0 Å². The highest BCUT2D eigenvalue weighted by molar-refractivity contribution is 6.02. The molecule has 3 heteroatoms. The van der Waals surface area contributed by atoms with Crippen LogP contribution in [0.4, 0.5) is 4.39 Å². The smallest absolute Gasteiger partial charge is 0.207 e. The third kappa shape index (κ3) is 1.97. The van der Waals surface area contributed by atoms with Crippen molar-refractivity contribution in [3.05, 3.63) is 118 Å². The summed E-state index contributed by atoms with van der Waals surface area (Å²) in [6, 6.07) is 23.7. The van der Waals surface area contributed by atoms with Crippen molar-refractivity contribution in [1.82, 2.24) is 0 Å². The summed E-state index contributed by atoms with van der Waals surface area (Å²) in [5, 5.41) is 2.45. The number of nitrogens with zero attached hydrogens (tertiary/aromatic N) is 2. The second-order valence-corrected chi connectivity index (χ2v) is 11.0. The molecule has 0 bridgehead atoms. The van der Waals surface area contributed by atoms with Gasteiger partial charge in [-0.25, -0.2) is 4.39 Å². The molecule has 4 heterocycles. The molecule has 8 rings (SSSR count). The zero-order chi connectivity index (χ0) is 23.9. The Bertz CT molecular complexity index is 1760. The predicted octanol–water partition coefficient (Wildman–Crippen LogP) is 6.07. The topological polar surface area (TPSA) is 7.76 Å². The molecule has 0 radical (unpaired) electrons. The van der Waals surface area contributed by atoms with Gasteiger partial charge in [-0.05, 0) is 54.6 Å². The maximum Gasteiger partial charge on any atom is 0.417 e. The molecule has 168 valence electrons. The van der Waals surface area contributed by atoms with E-state index in [-0.39, 0.29) is 5.82 Å². The van der Waals surface area contributed by atoms with E-state index in [4.69, 9.17) is 0 Å². The number of hydrogen-bond donors (Lipinski definition) is 0. The van der Waals surface area contributed by atoms with Crippen LogP contribution in [0.2, 0.25) is 0 Å². The minimum absolute atomic E-state index is 0.125. The maximum absolute atomic E-state index is 15.8. The summed E-state index contributed by atoms with van der Waals surface area (Å²) in [7, 11) is 0. The minimum atomic E-state index is -0.596. The zero-order valence-electron chi connectivity index (χ0n) is 20.3. The second kappa shape index (κ2) is 5.85. The van der Waals surface area contributed by atoms with Gasteiger partial charge in [0.2, 0.25) is 11.4 Å². The van der Waals surface area contributed by atoms with E-state index in [0.717, 1.165) is 22.4 Å². The molecule has 1 aliphatic carbocycles. The molecule has 2 nitrogen and oxygen atoms in total. The van der Waals surface area contributed by atoms with E-state index in [9.17, 15) is 0 Å². The molecule has 2 aromatic heterocycles. The van der Waals surface area contributed by atoms with E-state index >= 15 is 4.39 Å². The lowest BCUT2D eigenvalue weighted by molar-refractivity contribution is -0.954. The number of halogens is 1. The quantitative estimate of drug-likeness (QED) is 0.245. The average Bonchev–Trinajstić information content (AvgIpc) is 3.28. The third-order valence-corrected chi connectivity index (χ3v) is 8.68. The number of aryl methyl sites for hydroxylation is 2. The average molecular weight is 457 g/mol. The van der Waals surface area contributed by atoms with Gasteiger partial charge < -0.3 is 0 Å². The first-order valence-electron chi connectivity index (χ1n) is 12.3. The molecular formula is C32H25FN2+2. The highest BCUT2D eigenvalue weighted by Gasteiger charge is 2.68. The standard InChI is InChI=1S/C32H25FN2/c1-18-8-9-22-21(16-18)26-17-19(2)12-14-34(26)32(22)24-10-11-25(33)29-28(24)30-27-20(13-15-35(30)32)6-5-7-23(27)31(29,3)4/h5-17H,1-4H3/q+2. The van der Waals surface area contributed by atoms with Crippen molar-refractivity contribution in [1.29, 1.82) is 0 Å². The molecule has 0 saturated carbocycles. The lowest BCUT2D eigenvalue weighted by atomic mass is 9.68. The van der Waals surface area contributed by atoms with Crippen LogP contribution in [0.15, 0.2) is 79.1 Å². The van der Waals surface area contributed by atoms with Gasteiger partial charge in [0.25, 0.3) is 0 Å². The number of aromatic nitrogens is 2. The Labute approximate surface area is 203 Å². The Kier molecular flexibility index (Phi) is 3.25. The Morgan fingerprint density at radius 3 is 2.37 bits per heavy atom. The number of hydrogen-bond acceptors (Lipinski definition) is 0. The van der Waals surface area contributed by atoms with Crippen molar-refractivity contribution < 1.29 is 13.5 Å². The first kappa shape index (κ1) is 19.5. The van der Waals surface area contributed by atoms with E-state index in [2.05, 4.69) is 104 Å². The Morgan fingerprint density at radius 2 is 1.51 bits per heavy atom. The molecule has 1 spiro atoms. The summed E-state index contributed by atoms with van der Waals surface area (Å²) in [5.74, 6) is -0.125. The molecule has 1 atom stereocenters. The summed E-state index contributed by atoms with van der Waals surface area (Å²) in [5.41, 5.74) is 10.5. The highest BCUT2D eigenvalue weighted by atomic mass is 19.1. The van der Waals surface area contributed by atoms with Gasteiger partial charge in [-0.15, -0.1) is 9.13 Å². The highest BCUT2D eigenvalue weighted by Crippen LogP contribution is 2.56. The van der Waals surface area contributed by atoms with Crippen LogP contribution < -0.4 is 9.13 Å². The van der Waals surface area contributed by atoms with Crippen LogP contribution in [0.5, 0.6) is 0 Å². The molecule has 1 unspecified atom stereocenters. The van der Waals surface area contributed by atoms with Crippen molar-refractivity contribution in [2.24, 2.45) is 0 Å². The normalized spacial score (nSPS) is 19.3. The summed E-state index contributed by atoms with van der Waals surface area (Å²) in [4.78, 5) is 0. The van der Waals surface area contributed by atoms with Crippen LogP contribution in [0.25, 0.3) is 33.3 Å². The van der Waals surface area contributed by atoms with Crippen LogP contribution in [0.1, 0.15) is 47.2 Å². The first-order chi connectivity index (χ1) is 16.8. The molecule has 0 N–H and O–H groups in total. The number of benzene rings is 3. The zero-order valence-corrected chi connectivity index (χ0v) is 20.3. The largest absolute Gasteiger partial charge is 0.417 e. The number of fused-ring (bicyclic) bond motifs is 7. The van der Waals surface area contributed by atoms with E-state index in [1.165, 1.54) is 44.3 Å². The van der Waals surface area contributed by atoms with Gasteiger partial charge in [-0.3, -0.25) is 0 Å². The summed E-state index contributed by atoms with van der Waals surface area (Å²) < 4.78 is 20.6. The maximum atomic E-state index is 15.8. The molecular weight excluding hydrogens is 431 g/mol. The fourth-order valence-corrected chi connectivity index (χ4v) is 7.27. The molecule has 35 heavy (non-hydrogen) atoms. The minimum Gasteiger partial charge on any atom is -0.207 e. The van der Waals surface area contributed by atoms with Gasteiger partial charge in [0.15, 0.2) is 12.4 Å². The van der Waals surface area contributed by atoms with Crippen LogP contribution >= 0.6 is 0 Å². The molecule has 0 amide bonds. The number of rotatable bonds is 0. The summed E-state index contributed by atoms with van der Waals surface area (Å²) in [6.07, 6.45) is 4.43. The van der Waals surface area contributed by atoms with Crippen molar-refractivity contribution in [2.75, 3.05) is 0 Å². The van der Waals surface area contributed by atoms with Gasteiger partial charge >= 0.3 is 5.66 Å². The van der Waals surface area contributed by atoms with Crippen LogP contribution in [0.3, 0.4) is 0 Å². The summed E-state index contributed by atoms with van der Waals surface area (Å²) in [6.45, 7) is 8.64. The van der Waals surface area contributed by atoms with Gasteiger partial charge in [0.05, 0.1) is 16.5 Å². The van der Waals surface area contributed by atoms with E-state index in [1.54, 1.807) is 6.07 Å². The van der Waals surface area contributed by atoms with Gasteiger partial charge in [-0.1, -0.05) is 43.7 Å². The predicted molar refractivity (Wildman–Crippen MR) is 135 cm³/mol. The second-order valence-electron chi connectivity index (χ2n) is 11.0. The molecule has 0 fully saturated rings. The van der Waals surface area contributed by atoms with Gasteiger partial charge in [0.1, 0.15) is 16.9 Å². The monoisotopic (exact) mass is 456 g/mol. The van der Waals surface area contributed by atoms with Crippen molar-refractivity contribution >= 4 is 10.8 Å². The lowest BCUT2D eigenvalue weighted by Crippen LogP contribution is -2.71. The molecule has 5 aromatic rings. The van der Waals surface area contributed by atoms with Gasteiger partial charge in [0, 0.05) is 29.2 Å². The Balaban J connectivity index is 1.68. The van der Waals surface area contributed by atoms with Gasteiger partial charge in [-0.2, -0.15) is 0 Å². The SMILES string of the molecule is Cc1ccc2c(c1)-c1cc(C)cc[n+]1C21c2ccc(F)c3c2-c2c4c(cccc4cc[n+]21)C3(C)C. The number of pyridine rings is 2. The molecule has 2 aliphatic heterocycles. The van der Waals surface area contributed by atoms with Crippen molar-refractivity contribution in [3.63, 3.8) is 0 Å². The fourth-order valence-electron chi connectivity index (χ4n) is 7.27. The van der Waals surface area contributed by atoms with E-state index in [1.807, 2.05) is 6.07 Å².